The quantitative estimate of drug-likeness (QED) is 0.596. The lowest BCUT2D eigenvalue weighted by molar-refractivity contribution is 0.179. The molecular weight excluding hydrogens is 374 g/mol. The summed E-state index contributed by atoms with van der Waals surface area (Å²) in [7, 11) is 3.73. The molecule has 2 heterocycles. The number of methoxy groups -OCH3 is 1. The van der Waals surface area contributed by atoms with E-state index in [4.69, 9.17) is 9.72 Å². The topological polar surface area (TPSA) is 54.4 Å². The molecule has 156 valence electrons. The molecule has 1 aliphatic heterocycles. The molecule has 1 saturated heterocycles. The second-order valence-corrected chi connectivity index (χ2v) is 7.96. The van der Waals surface area contributed by atoms with Gasteiger partial charge in [-0.05, 0) is 61.7 Å². The van der Waals surface area contributed by atoms with Crippen LogP contribution in [0, 0.1) is 5.92 Å². The van der Waals surface area contributed by atoms with Crippen LogP contribution in [-0.4, -0.2) is 53.9 Å². The molecule has 0 aliphatic carbocycles. The van der Waals surface area contributed by atoms with E-state index in [1.54, 1.807) is 13.3 Å². The molecule has 0 unspecified atom stereocenters. The highest BCUT2D eigenvalue weighted by molar-refractivity contribution is 5.60. The van der Waals surface area contributed by atoms with Crippen LogP contribution in [0.25, 0.3) is 11.3 Å². The molecular formula is C24H29N5O. The first-order chi connectivity index (χ1) is 14.7. The minimum Gasteiger partial charge on any atom is -0.497 e. The van der Waals surface area contributed by atoms with Gasteiger partial charge in [-0.2, -0.15) is 5.10 Å². The number of anilines is 1. The van der Waals surface area contributed by atoms with E-state index in [1.807, 2.05) is 24.3 Å². The van der Waals surface area contributed by atoms with Crippen LogP contribution in [0.1, 0.15) is 18.4 Å². The summed E-state index contributed by atoms with van der Waals surface area (Å²) in [5, 5.41) is 8.45. The van der Waals surface area contributed by atoms with E-state index < -0.39 is 0 Å². The molecule has 0 spiro atoms. The van der Waals surface area contributed by atoms with E-state index >= 15 is 0 Å². The van der Waals surface area contributed by atoms with Crippen molar-refractivity contribution in [3.8, 4) is 17.0 Å². The van der Waals surface area contributed by atoms with Gasteiger partial charge in [-0.25, -0.2) is 4.98 Å². The molecule has 2 aromatic carbocycles. The zero-order valence-electron chi connectivity index (χ0n) is 17.7. The van der Waals surface area contributed by atoms with Crippen molar-refractivity contribution in [2.75, 3.05) is 38.7 Å². The molecule has 1 aromatic heterocycles. The van der Waals surface area contributed by atoms with Crippen LogP contribution in [0.3, 0.4) is 0 Å². The van der Waals surface area contributed by atoms with Gasteiger partial charge in [-0.15, -0.1) is 5.10 Å². The second-order valence-electron chi connectivity index (χ2n) is 7.96. The Morgan fingerprint density at radius 3 is 2.47 bits per heavy atom. The summed E-state index contributed by atoms with van der Waals surface area (Å²) in [4.78, 5) is 9.42. The maximum absolute atomic E-state index is 5.23. The smallest absolute Gasteiger partial charge is 0.245 e. The van der Waals surface area contributed by atoms with Gasteiger partial charge >= 0.3 is 0 Å². The van der Waals surface area contributed by atoms with Gasteiger partial charge in [0.2, 0.25) is 5.95 Å². The third kappa shape index (κ3) is 5.13. The van der Waals surface area contributed by atoms with Crippen molar-refractivity contribution in [3.05, 3.63) is 66.4 Å². The molecule has 1 aliphatic rings. The van der Waals surface area contributed by atoms with Crippen molar-refractivity contribution in [2.24, 2.45) is 5.92 Å². The third-order valence-corrected chi connectivity index (χ3v) is 5.76. The first kappa shape index (κ1) is 20.3. The van der Waals surface area contributed by atoms with Crippen molar-refractivity contribution in [1.29, 1.82) is 0 Å². The van der Waals surface area contributed by atoms with E-state index in [2.05, 4.69) is 57.4 Å². The molecule has 0 bridgehead atoms. The molecule has 0 saturated carbocycles. The van der Waals surface area contributed by atoms with Crippen molar-refractivity contribution < 1.29 is 4.74 Å². The van der Waals surface area contributed by atoms with Gasteiger partial charge in [0.05, 0.1) is 19.0 Å². The average Bonchev–Trinajstić information content (AvgIpc) is 2.81. The van der Waals surface area contributed by atoms with E-state index in [0.29, 0.717) is 11.9 Å². The van der Waals surface area contributed by atoms with Gasteiger partial charge in [0.15, 0.2) is 0 Å². The van der Waals surface area contributed by atoms with Gasteiger partial charge < -0.3 is 9.64 Å². The van der Waals surface area contributed by atoms with Gasteiger partial charge in [0, 0.05) is 25.7 Å². The Hall–Kier alpha value is -2.99. The highest BCUT2D eigenvalue weighted by Crippen LogP contribution is 2.23. The lowest BCUT2D eigenvalue weighted by Crippen LogP contribution is -2.37. The number of rotatable bonds is 7. The summed E-state index contributed by atoms with van der Waals surface area (Å²) in [6.07, 6.45) is 4.10. The zero-order valence-corrected chi connectivity index (χ0v) is 17.7. The molecule has 6 heteroatoms. The van der Waals surface area contributed by atoms with Crippen LogP contribution in [-0.2, 0) is 6.54 Å². The maximum Gasteiger partial charge on any atom is 0.245 e. The minimum absolute atomic E-state index is 0.648. The van der Waals surface area contributed by atoms with E-state index in [0.717, 1.165) is 43.2 Å². The van der Waals surface area contributed by atoms with Crippen LogP contribution >= 0.6 is 0 Å². The van der Waals surface area contributed by atoms with Crippen molar-refractivity contribution in [3.63, 3.8) is 0 Å². The second kappa shape index (κ2) is 9.67. The number of hydrogen-bond donors (Lipinski definition) is 0. The van der Waals surface area contributed by atoms with Crippen molar-refractivity contribution in [2.45, 2.75) is 19.4 Å². The Balaban J connectivity index is 1.32. The van der Waals surface area contributed by atoms with Crippen molar-refractivity contribution >= 4 is 5.95 Å². The Kier molecular flexibility index (Phi) is 6.54. The zero-order chi connectivity index (χ0) is 20.8. The van der Waals surface area contributed by atoms with Crippen LogP contribution in [0.15, 0.2) is 60.8 Å². The number of benzene rings is 2. The Morgan fingerprint density at radius 1 is 1.03 bits per heavy atom. The summed E-state index contributed by atoms with van der Waals surface area (Å²) < 4.78 is 5.23. The minimum atomic E-state index is 0.648. The number of piperidine rings is 1. The Bertz CT molecular complexity index is 924. The molecule has 6 nitrogen and oxygen atoms in total. The van der Waals surface area contributed by atoms with Crippen LogP contribution in [0.5, 0.6) is 5.75 Å². The number of nitrogens with zero attached hydrogens (tertiary/aromatic N) is 5. The van der Waals surface area contributed by atoms with Gasteiger partial charge in [-0.3, -0.25) is 4.90 Å². The summed E-state index contributed by atoms with van der Waals surface area (Å²) in [6, 6.07) is 18.6. The highest BCUT2D eigenvalue weighted by Gasteiger charge is 2.21. The predicted octanol–water partition coefficient (Wildman–Crippen LogP) is 3.90. The standard InChI is InChI=1S/C24H29N5O/c1-28(17-20-12-14-29(15-13-20)18-19-6-4-3-5-7-19)24-26-23(16-25-27-24)21-8-10-22(30-2)11-9-21/h3-11,16,20H,12-15,17-18H2,1-2H3. The van der Waals surface area contributed by atoms with E-state index in [1.165, 1.54) is 18.4 Å². The fraction of sp³-hybridized carbons (Fsp3) is 0.375. The molecule has 0 N–H and O–H groups in total. The van der Waals surface area contributed by atoms with Crippen LogP contribution < -0.4 is 9.64 Å². The van der Waals surface area contributed by atoms with Crippen LogP contribution in [0.4, 0.5) is 5.95 Å². The molecule has 0 atom stereocenters. The van der Waals surface area contributed by atoms with E-state index in [9.17, 15) is 0 Å². The highest BCUT2D eigenvalue weighted by atomic mass is 16.5. The predicted molar refractivity (Wildman–Crippen MR) is 120 cm³/mol. The summed E-state index contributed by atoms with van der Waals surface area (Å²) in [5.41, 5.74) is 3.23. The first-order valence-corrected chi connectivity index (χ1v) is 10.5. The first-order valence-electron chi connectivity index (χ1n) is 10.5. The molecule has 1 fully saturated rings. The summed E-state index contributed by atoms with van der Waals surface area (Å²) in [6.45, 7) is 4.27. The van der Waals surface area contributed by atoms with Crippen LogP contribution in [0.2, 0.25) is 0 Å². The Labute approximate surface area is 178 Å². The number of hydrogen-bond acceptors (Lipinski definition) is 6. The molecule has 0 radical (unpaired) electrons. The molecule has 30 heavy (non-hydrogen) atoms. The number of aromatic nitrogens is 3. The Morgan fingerprint density at radius 2 is 1.77 bits per heavy atom. The summed E-state index contributed by atoms with van der Waals surface area (Å²) in [5.74, 6) is 2.15. The fourth-order valence-corrected chi connectivity index (χ4v) is 3.99. The van der Waals surface area contributed by atoms with Gasteiger partial charge in [-0.1, -0.05) is 30.3 Å². The normalized spacial score (nSPS) is 15.1. The maximum atomic E-state index is 5.23. The largest absolute Gasteiger partial charge is 0.497 e. The lowest BCUT2D eigenvalue weighted by atomic mass is 9.96. The third-order valence-electron chi connectivity index (χ3n) is 5.76. The SMILES string of the molecule is COc1ccc(-c2cnnc(N(C)CC3CCN(Cc4ccccc4)CC3)n2)cc1. The molecule has 0 amide bonds. The summed E-state index contributed by atoms with van der Waals surface area (Å²) >= 11 is 0. The lowest BCUT2D eigenvalue weighted by Gasteiger charge is -2.33. The number of likely N-dealkylation sites (tertiary alicyclic amines) is 1. The van der Waals surface area contributed by atoms with Crippen molar-refractivity contribution in [1.82, 2.24) is 20.1 Å². The monoisotopic (exact) mass is 403 g/mol. The van der Waals surface area contributed by atoms with Gasteiger partial charge in [0.1, 0.15) is 5.75 Å². The molecule has 4 rings (SSSR count). The molecule has 3 aromatic rings. The van der Waals surface area contributed by atoms with E-state index in [-0.39, 0.29) is 0 Å². The fourth-order valence-electron chi connectivity index (χ4n) is 3.99. The van der Waals surface area contributed by atoms with Gasteiger partial charge in [0.25, 0.3) is 0 Å². The number of ether oxygens (including phenoxy) is 1. The average molecular weight is 404 g/mol.